The van der Waals surface area contributed by atoms with Crippen LogP contribution in [0.1, 0.15) is 13.8 Å². The molecule has 90 valence electrons. The van der Waals surface area contributed by atoms with Crippen molar-refractivity contribution in [3.05, 3.63) is 0 Å². The SMILES string of the molecule is CC(C)(NS(=O)(=O)CS(C)(=O)=O)C(=N)N. The van der Waals surface area contributed by atoms with Crippen molar-refractivity contribution >= 4 is 25.7 Å². The van der Waals surface area contributed by atoms with E-state index in [1.54, 1.807) is 0 Å². The van der Waals surface area contributed by atoms with Crippen molar-refractivity contribution in [2.75, 3.05) is 11.3 Å². The largest absolute Gasteiger partial charge is 0.386 e. The summed E-state index contributed by atoms with van der Waals surface area (Å²) >= 11 is 0. The Kier molecular flexibility index (Phi) is 3.88. The summed E-state index contributed by atoms with van der Waals surface area (Å²) in [6.45, 7) is 2.74. The van der Waals surface area contributed by atoms with Crippen LogP contribution < -0.4 is 10.5 Å². The van der Waals surface area contributed by atoms with Crippen molar-refractivity contribution < 1.29 is 16.8 Å². The molecule has 0 aliphatic heterocycles. The average Bonchev–Trinajstić information content (AvgIpc) is 1.75. The maximum absolute atomic E-state index is 11.3. The molecule has 0 unspecified atom stereocenters. The van der Waals surface area contributed by atoms with Crippen molar-refractivity contribution in [3.63, 3.8) is 0 Å². The maximum Gasteiger partial charge on any atom is 0.226 e. The quantitative estimate of drug-likeness (QED) is 0.413. The lowest BCUT2D eigenvalue weighted by molar-refractivity contribution is 0.544. The molecule has 0 heterocycles. The van der Waals surface area contributed by atoms with E-state index in [-0.39, 0.29) is 5.84 Å². The van der Waals surface area contributed by atoms with E-state index in [4.69, 9.17) is 11.1 Å². The Morgan fingerprint density at radius 1 is 1.33 bits per heavy atom. The lowest BCUT2D eigenvalue weighted by atomic mass is 10.1. The molecule has 0 aromatic rings. The highest BCUT2D eigenvalue weighted by Gasteiger charge is 2.29. The first kappa shape index (κ1) is 14.3. The van der Waals surface area contributed by atoms with Crippen LogP contribution in [0.3, 0.4) is 0 Å². The van der Waals surface area contributed by atoms with Gasteiger partial charge in [0.2, 0.25) is 10.0 Å². The monoisotopic (exact) mass is 257 g/mol. The normalized spacial score (nSPS) is 13.8. The minimum Gasteiger partial charge on any atom is -0.386 e. The molecule has 4 N–H and O–H groups in total. The van der Waals surface area contributed by atoms with Crippen molar-refractivity contribution in [1.29, 1.82) is 5.41 Å². The standard InChI is InChI=1S/C6H15N3O4S2/c1-6(2,5(7)8)9-15(12,13)4-14(3,10)11/h9H,4H2,1-3H3,(H3,7,8). The van der Waals surface area contributed by atoms with Crippen molar-refractivity contribution in [1.82, 2.24) is 4.72 Å². The zero-order valence-electron chi connectivity index (χ0n) is 8.73. The van der Waals surface area contributed by atoms with Gasteiger partial charge in [0.25, 0.3) is 0 Å². The highest BCUT2D eigenvalue weighted by molar-refractivity contribution is 8.06. The number of nitrogens with two attached hydrogens (primary N) is 1. The van der Waals surface area contributed by atoms with E-state index in [1.165, 1.54) is 13.8 Å². The van der Waals surface area contributed by atoms with Crippen LogP contribution in [0.2, 0.25) is 0 Å². The third-order valence-corrected chi connectivity index (χ3v) is 5.23. The first-order valence-electron chi connectivity index (χ1n) is 3.90. The fourth-order valence-electron chi connectivity index (χ4n) is 0.755. The molecule has 9 heteroatoms. The highest BCUT2D eigenvalue weighted by atomic mass is 32.3. The van der Waals surface area contributed by atoms with Gasteiger partial charge in [-0.3, -0.25) is 5.41 Å². The second-order valence-corrected chi connectivity index (χ2v) is 8.03. The second kappa shape index (κ2) is 4.06. The van der Waals surface area contributed by atoms with E-state index in [0.717, 1.165) is 6.26 Å². The second-order valence-electron chi connectivity index (χ2n) is 3.80. The van der Waals surface area contributed by atoms with Gasteiger partial charge in [-0.25, -0.2) is 21.6 Å². The van der Waals surface area contributed by atoms with Gasteiger partial charge in [0.15, 0.2) is 14.9 Å². The first-order chi connectivity index (χ1) is 6.36. The number of rotatable bonds is 5. The number of nitrogens with one attached hydrogen (secondary N) is 2. The third-order valence-electron chi connectivity index (χ3n) is 1.45. The summed E-state index contributed by atoms with van der Waals surface area (Å²) < 4.78 is 46.3. The summed E-state index contributed by atoms with van der Waals surface area (Å²) in [5.41, 5.74) is 3.86. The van der Waals surface area contributed by atoms with Crippen molar-refractivity contribution in [3.8, 4) is 0 Å². The molecule has 0 amide bonds. The number of amidine groups is 1. The Hall–Kier alpha value is -0.670. The molecule has 0 fully saturated rings. The highest BCUT2D eigenvalue weighted by Crippen LogP contribution is 2.05. The minimum atomic E-state index is -4.00. The van der Waals surface area contributed by atoms with E-state index < -0.39 is 30.5 Å². The van der Waals surface area contributed by atoms with Crippen LogP contribution >= 0.6 is 0 Å². The smallest absolute Gasteiger partial charge is 0.226 e. The molecule has 0 aliphatic rings. The summed E-state index contributed by atoms with van der Waals surface area (Å²) in [5.74, 6) is -0.389. The molecule has 0 rings (SSSR count). The molecule has 0 bridgehead atoms. The zero-order chi connectivity index (χ0) is 12.5. The Balaban J connectivity index is 4.90. The molecule has 0 atom stereocenters. The van der Waals surface area contributed by atoms with E-state index in [9.17, 15) is 16.8 Å². The molecule has 15 heavy (non-hydrogen) atoms. The molecule has 7 nitrogen and oxygen atoms in total. The number of hydrogen-bond acceptors (Lipinski definition) is 5. The lowest BCUT2D eigenvalue weighted by Gasteiger charge is -2.23. The van der Waals surface area contributed by atoms with Crippen LogP contribution in [0, 0.1) is 5.41 Å². The molecule has 0 saturated carbocycles. The average molecular weight is 257 g/mol. The van der Waals surface area contributed by atoms with Crippen LogP contribution in [-0.2, 0) is 19.9 Å². The van der Waals surface area contributed by atoms with Crippen LogP contribution in [0.15, 0.2) is 0 Å². The van der Waals surface area contributed by atoms with Crippen LogP contribution in [-0.4, -0.2) is 39.6 Å². The summed E-state index contributed by atoms with van der Waals surface area (Å²) in [6.07, 6.45) is 0.812. The fraction of sp³-hybridized carbons (Fsp3) is 0.833. The molecule has 0 aliphatic carbocycles. The van der Waals surface area contributed by atoms with Gasteiger partial charge in [0.05, 0.1) is 5.54 Å². The first-order valence-corrected chi connectivity index (χ1v) is 7.61. The van der Waals surface area contributed by atoms with Gasteiger partial charge < -0.3 is 5.73 Å². The molecule has 0 spiro atoms. The fourth-order valence-corrected chi connectivity index (χ4v) is 4.13. The molecule has 0 aromatic heterocycles. The summed E-state index contributed by atoms with van der Waals surface area (Å²) in [7, 11) is -7.64. The predicted octanol–water partition coefficient (Wildman–Crippen LogP) is -1.38. The molecular formula is C6H15N3O4S2. The third kappa shape index (κ3) is 5.70. The van der Waals surface area contributed by atoms with Gasteiger partial charge in [-0.05, 0) is 13.8 Å². The maximum atomic E-state index is 11.3. The van der Waals surface area contributed by atoms with Gasteiger partial charge in [-0.1, -0.05) is 0 Å². The van der Waals surface area contributed by atoms with E-state index >= 15 is 0 Å². The predicted molar refractivity (Wildman–Crippen MR) is 57.8 cm³/mol. The van der Waals surface area contributed by atoms with Gasteiger partial charge in [0.1, 0.15) is 5.84 Å². The van der Waals surface area contributed by atoms with E-state index in [1.807, 2.05) is 4.72 Å². The molecule has 0 saturated heterocycles. The van der Waals surface area contributed by atoms with E-state index in [2.05, 4.69) is 0 Å². The van der Waals surface area contributed by atoms with Gasteiger partial charge in [-0.15, -0.1) is 0 Å². The zero-order valence-corrected chi connectivity index (χ0v) is 10.4. The van der Waals surface area contributed by atoms with Gasteiger partial charge in [-0.2, -0.15) is 0 Å². The summed E-state index contributed by atoms with van der Waals surface area (Å²) in [6, 6.07) is 0. The number of hydrogen-bond donors (Lipinski definition) is 3. The van der Waals surface area contributed by atoms with Crippen molar-refractivity contribution in [2.45, 2.75) is 19.4 Å². The van der Waals surface area contributed by atoms with Crippen LogP contribution in [0.4, 0.5) is 0 Å². The topological polar surface area (TPSA) is 130 Å². The minimum absolute atomic E-state index is 0.389. The molecule has 0 radical (unpaired) electrons. The van der Waals surface area contributed by atoms with E-state index in [0.29, 0.717) is 0 Å². The molecule has 0 aromatic carbocycles. The summed E-state index contributed by atoms with van der Waals surface area (Å²) in [4.78, 5) is 0. The Bertz CT molecular complexity index is 449. The van der Waals surface area contributed by atoms with Crippen LogP contribution in [0.25, 0.3) is 0 Å². The summed E-state index contributed by atoms with van der Waals surface area (Å²) in [5, 5.41) is 6.09. The van der Waals surface area contributed by atoms with Gasteiger partial charge >= 0.3 is 0 Å². The Labute approximate surface area is 89.5 Å². The Morgan fingerprint density at radius 2 is 1.73 bits per heavy atom. The van der Waals surface area contributed by atoms with Crippen molar-refractivity contribution in [2.24, 2.45) is 5.73 Å². The van der Waals surface area contributed by atoms with Crippen LogP contribution in [0.5, 0.6) is 0 Å². The Morgan fingerprint density at radius 3 is 2.00 bits per heavy atom. The number of sulfonamides is 1. The molecular weight excluding hydrogens is 242 g/mol. The van der Waals surface area contributed by atoms with Gasteiger partial charge in [0, 0.05) is 6.26 Å². The number of sulfone groups is 1. The lowest BCUT2D eigenvalue weighted by Crippen LogP contribution is -2.53.